The fraction of sp³-hybridized carbons (Fsp3) is 0.846. The molecule has 104 valence electrons. The summed E-state index contributed by atoms with van der Waals surface area (Å²) in [6.45, 7) is 5.21. The number of methoxy groups -OCH3 is 1. The second kappa shape index (κ2) is 5.69. The van der Waals surface area contributed by atoms with Crippen molar-refractivity contribution >= 4 is 11.9 Å². The molecule has 1 heterocycles. The van der Waals surface area contributed by atoms with E-state index >= 15 is 0 Å². The van der Waals surface area contributed by atoms with E-state index < -0.39 is 11.4 Å². The third-order valence-electron chi connectivity index (χ3n) is 3.79. The third-order valence-corrected chi connectivity index (χ3v) is 3.79. The maximum Gasteiger partial charge on any atom is 0.320 e. The number of piperidine rings is 1. The molecular weight excluding hydrogens is 232 g/mol. The van der Waals surface area contributed by atoms with Crippen molar-refractivity contribution in [3.8, 4) is 0 Å². The van der Waals surface area contributed by atoms with Gasteiger partial charge in [-0.15, -0.1) is 0 Å². The van der Waals surface area contributed by atoms with E-state index in [9.17, 15) is 9.59 Å². The van der Waals surface area contributed by atoms with Crippen molar-refractivity contribution in [3.05, 3.63) is 0 Å². The van der Waals surface area contributed by atoms with Crippen LogP contribution in [0.25, 0.3) is 0 Å². The van der Waals surface area contributed by atoms with Gasteiger partial charge in [0.1, 0.15) is 5.41 Å². The highest BCUT2D eigenvalue weighted by molar-refractivity contribution is 6.01. The number of hydrogen-bond acceptors (Lipinski definition) is 4. The van der Waals surface area contributed by atoms with Crippen LogP contribution in [-0.4, -0.2) is 62.0 Å². The van der Waals surface area contributed by atoms with E-state index in [1.807, 2.05) is 0 Å². The van der Waals surface area contributed by atoms with Crippen molar-refractivity contribution in [1.29, 1.82) is 0 Å². The fourth-order valence-electron chi connectivity index (χ4n) is 2.33. The first-order valence-corrected chi connectivity index (χ1v) is 6.35. The SMILES string of the molecule is COC(=O)C(C)(C)C(=O)N(C)C1CCN(C)CC1. The zero-order valence-corrected chi connectivity index (χ0v) is 12.0. The largest absolute Gasteiger partial charge is 0.468 e. The smallest absolute Gasteiger partial charge is 0.320 e. The van der Waals surface area contributed by atoms with Crippen LogP contribution in [0.5, 0.6) is 0 Å². The topological polar surface area (TPSA) is 49.9 Å². The molecule has 0 aromatic rings. The van der Waals surface area contributed by atoms with Crippen LogP contribution in [0, 0.1) is 5.41 Å². The van der Waals surface area contributed by atoms with Gasteiger partial charge in [0.05, 0.1) is 7.11 Å². The summed E-state index contributed by atoms with van der Waals surface area (Å²) in [5.41, 5.74) is -1.10. The van der Waals surface area contributed by atoms with Gasteiger partial charge in [-0.3, -0.25) is 9.59 Å². The normalized spacial score (nSPS) is 18.5. The van der Waals surface area contributed by atoms with E-state index in [2.05, 4.69) is 11.9 Å². The average Bonchev–Trinajstić information content (AvgIpc) is 2.36. The summed E-state index contributed by atoms with van der Waals surface area (Å²) >= 11 is 0. The Morgan fingerprint density at radius 2 is 1.78 bits per heavy atom. The number of nitrogens with zero attached hydrogens (tertiary/aromatic N) is 2. The van der Waals surface area contributed by atoms with Crippen molar-refractivity contribution in [2.75, 3.05) is 34.3 Å². The molecule has 1 rings (SSSR count). The van der Waals surface area contributed by atoms with Crippen molar-refractivity contribution in [1.82, 2.24) is 9.80 Å². The molecule has 5 nitrogen and oxygen atoms in total. The van der Waals surface area contributed by atoms with Gasteiger partial charge >= 0.3 is 5.97 Å². The summed E-state index contributed by atoms with van der Waals surface area (Å²) < 4.78 is 4.70. The highest BCUT2D eigenvalue weighted by Gasteiger charge is 2.41. The molecule has 1 amide bonds. The molecule has 5 heteroatoms. The standard InChI is InChI=1S/C13H24N2O3/c1-13(2,12(17)18-5)11(16)15(4)10-6-8-14(3)9-7-10/h10H,6-9H2,1-5H3. The molecule has 0 unspecified atom stereocenters. The van der Waals surface area contributed by atoms with Gasteiger partial charge in [-0.25, -0.2) is 0 Å². The van der Waals surface area contributed by atoms with Crippen LogP contribution in [0.4, 0.5) is 0 Å². The molecule has 0 aromatic carbocycles. The molecule has 0 atom stereocenters. The van der Waals surface area contributed by atoms with Gasteiger partial charge < -0.3 is 14.5 Å². The molecule has 1 aliphatic heterocycles. The highest BCUT2D eigenvalue weighted by Crippen LogP contribution is 2.24. The average molecular weight is 256 g/mol. The van der Waals surface area contributed by atoms with Crippen LogP contribution in [0.1, 0.15) is 26.7 Å². The molecule has 1 saturated heterocycles. The Morgan fingerprint density at radius 3 is 2.22 bits per heavy atom. The summed E-state index contributed by atoms with van der Waals surface area (Å²) in [6, 6.07) is 0.220. The molecule has 0 radical (unpaired) electrons. The lowest BCUT2D eigenvalue weighted by molar-refractivity contribution is -0.161. The minimum absolute atomic E-state index is 0.163. The minimum Gasteiger partial charge on any atom is -0.468 e. The first kappa shape index (κ1) is 15.0. The zero-order valence-electron chi connectivity index (χ0n) is 12.0. The Bertz CT molecular complexity index is 320. The summed E-state index contributed by atoms with van der Waals surface area (Å²) in [5.74, 6) is -0.642. The Hall–Kier alpha value is -1.10. The number of ether oxygens (including phenoxy) is 1. The minimum atomic E-state index is -1.10. The van der Waals surface area contributed by atoms with Gasteiger partial charge in [0.2, 0.25) is 5.91 Å². The number of rotatable bonds is 3. The molecular formula is C13H24N2O3. The van der Waals surface area contributed by atoms with Gasteiger partial charge in [-0.05, 0) is 46.8 Å². The lowest BCUT2D eigenvalue weighted by Crippen LogP contribution is -2.50. The number of amides is 1. The van der Waals surface area contributed by atoms with E-state index in [0.29, 0.717) is 0 Å². The van der Waals surface area contributed by atoms with Crippen LogP contribution in [-0.2, 0) is 14.3 Å². The lowest BCUT2D eigenvalue weighted by atomic mass is 9.90. The maximum absolute atomic E-state index is 12.4. The number of esters is 1. The summed E-state index contributed by atoms with van der Waals surface area (Å²) in [4.78, 5) is 28.0. The van der Waals surface area contributed by atoms with E-state index in [0.717, 1.165) is 25.9 Å². The quantitative estimate of drug-likeness (QED) is 0.552. The van der Waals surface area contributed by atoms with Crippen LogP contribution in [0.15, 0.2) is 0 Å². The molecule has 0 N–H and O–H groups in total. The molecule has 0 aliphatic carbocycles. The second-order valence-electron chi connectivity index (χ2n) is 5.57. The zero-order chi connectivity index (χ0) is 13.9. The lowest BCUT2D eigenvalue weighted by Gasteiger charge is -2.37. The van der Waals surface area contributed by atoms with Crippen molar-refractivity contribution in [3.63, 3.8) is 0 Å². The van der Waals surface area contributed by atoms with Crippen molar-refractivity contribution in [2.24, 2.45) is 5.41 Å². The predicted molar refractivity (Wildman–Crippen MR) is 69.1 cm³/mol. The van der Waals surface area contributed by atoms with Crippen molar-refractivity contribution < 1.29 is 14.3 Å². The second-order valence-corrected chi connectivity index (χ2v) is 5.57. The first-order chi connectivity index (χ1) is 8.30. The van der Waals surface area contributed by atoms with E-state index in [-0.39, 0.29) is 11.9 Å². The van der Waals surface area contributed by atoms with Crippen molar-refractivity contribution in [2.45, 2.75) is 32.7 Å². The van der Waals surface area contributed by atoms with E-state index in [1.165, 1.54) is 7.11 Å². The summed E-state index contributed by atoms with van der Waals surface area (Å²) in [7, 11) is 5.17. The maximum atomic E-state index is 12.4. The van der Waals surface area contributed by atoms with Gasteiger partial charge in [0.15, 0.2) is 0 Å². The Balaban J connectivity index is 2.69. The van der Waals surface area contributed by atoms with Gasteiger partial charge in [0.25, 0.3) is 0 Å². The fourth-order valence-corrected chi connectivity index (χ4v) is 2.33. The molecule has 1 fully saturated rings. The van der Waals surface area contributed by atoms with Crippen LogP contribution >= 0.6 is 0 Å². The Labute approximate surface area is 109 Å². The predicted octanol–water partition coefficient (Wildman–Crippen LogP) is 0.738. The monoisotopic (exact) mass is 256 g/mol. The Morgan fingerprint density at radius 1 is 1.28 bits per heavy atom. The molecule has 18 heavy (non-hydrogen) atoms. The molecule has 1 aliphatic rings. The molecule has 0 bridgehead atoms. The number of carbonyl (C=O) groups excluding carboxylic acids is 2. The first-order valence-electron chi connectivity index (χ1n) is 6.35. The van der Waals surface area contributed by atoms with Crippen LogP contribution in [0.2, 0.25) is 0 Å². The van der Waals surface area contributed by atoms with Crippen LogP contribution < -0.4 is 0 Å². The van der Waals surface area contributed by atoms with Gasteiger partial charge in [-0.1, -0.05) is 0 Å². The Kier molecular flexibility index (Phi) is 4.73. The van der Waals surface area contributed by atoms with E-state index in [4.69, 9.17) is 4.74 Å². The number of carbonyl (C=O) groups is 2. The van der Waals surface area contributed by atoms with E-state index in [1.54, 1.807) is 25.8 Å². The third kappa shape index (κ3) is 3.02. The van der Waals surface area contributed by atoms with Gasteiger partial charge in [0, 0.05) is 13.1 Å². The number of likely N-dealkylation sites (tertiary alicyclic amines) is 1. The van der Waals surface area contributed by atoms with Crippen LogP contribution in [0.3, 0.4) is 0 Å². The molecule has 0 saturated carbocycles. The molecule has 0 spiro atoms. The molecule has 0 aromatic heterocycles. The van der Waals surface area contributed by atoms with Gasteiger partial charge in [-0.2, -0.15) is 0 Å². The highest BCUT2D eigenvalue weighted by atomic mass is 16.5. The summed E-state index contributed by atoms with van der Waals surface area (Å²) in [5, 5.41) is 0. The summed E-state index contributed by atoms with van der Waals surface area (Å²) in [6.07, 6.45) is 1.91. The number of hydrogen-bond donors (Lipinski definition) is 0.